The quantitative estimate of drug-likeness (QED) is 0.602. The molecule has 0 aliphatic rings. The lowest BCUT2D eigenvalue weighted by Gasteiger charge is -2.16. The molecule has 8 nitrogen and oxygen atoms in total. The Hall–Kier alpha value is -2.77. The Morgan fingerprint density at radius 2 is 1.84 bits per heavy atom. The fraction of sp³-hybridized carbons (Fsp3) is 0.182. The van der Waals surface area contributed by atoms with Gasteiger partial charge in [0.2, 0.25) is 11.8 Å². The van der Waals surface area contributed by atoms with Crippen LogP contribution in [0.4, 0.5) is 11.7 Å². The molecule has 0 unspecified atom stereocenters. The highest BCUT2D eigenvalue weighted by Crippen LogP contribution is 2.25. The van der Waals surface area contributed by atoms with Crippen molar-refractivity contribution in [1.29, 1.82) is 0 Å². The van der Waals surface area contributed by atoms with Crippen molar-refractivity contribution in [3.63, 3.8) is 0 Å². The van der Waals surface area contributed by atoms with Gasteiger partial charge in [-0.05, 0) is 12.1 Å². The normalized spacial score (nSPS) is 10.5. The fourth-order valence-electron chi connectivity index (χ4n) is 1.66. The van der Waals surface area contributed by atoms with E-state index in [1.807, 2.05) is 0 Å². The van der Waals surface area contributed by atoms with Crippen molar-refractivity contribution in [2.45, 2.75) is 0 Å². The Morgan fingerprint density at radius 3 is 2.37 bits per heavy atom. The van der Waals surface area contributed by atoms with E-state index in [0.29, 0.717) is 16.8 Å². The lowest BCUT2D eigenvalue weighted by Crippen LogP contribution is -2.39. The number of hydrogen-bond acceptors (Lipinski definition) is 6. The van der Waals surface area contributed by atoms with Crippen molar-refractivity contribution in [3.05, 3.63) is 18.2 Å². The SMILES string of the molecule is NC(=O)CN(CC(N)=O)c1nc2c(N)cccc2o1. The fourth-order valence-corrected chi connectivity index (χ4v) is 1.66. The van der Waals surface area contributed by atoms with Crippen LogP contribution in [0.2, 0.25) is 0 Å². The number of hydrogen-bond donors (Lipinski definition) is 3. The topological polar surface area (TPSA) is 141 Å². The number of anilines is 2. The van der Waals surface area contributed by atoms with E-state index in [0.717, 1.165) is 0 Å². The van der Waals surface area contributed by atoms with Crippen molar-refractivity contribution in [3.8, 4) is 0 Å². The number of nitrogens with zero attached hydrogens (tertiary/aromatic N) is 2. The minimum absolute atomic E-state index is 0.0745. The molecule has 0 atom stereocenters. The molecular formula is C11H13N5O3. The van der Waals surface area contributed by atoms with Crippen LogP contribution in [0, 0.1) is 0 Å². The number of carbonyl (C=O) groups excluding carboxylic acids is 2. The van der Waals surface area contributed by atoms with Crippen LogP contribution in [-0.4, -0.2) is 29.9 Å². The Bertz CT molecular complexity index is 620. The number of rotatable bonds is 5. The summed E-state index contributed by atoms with van der Waals surface area (Å²) in [5, 5.41) is 0. The summed E-state index contributed by atoms with van der Waals surface area (Å²) in [6.45, 7) is -0.453. The maximum atomic E-state index is 11.0. The zero-order valence-corrected chi connectivity index (χ0v) is 10.00. The molecule has 1 heterocycles. The minimum Gasteiger partial charge on any atom is -0.423 e. The predicted octanol–water partition coefficient (Wildman–Crippen LogP) is -0.813. The average Bonchev–Trinajstić information content (AvgIpc) is 2.72. The van der Waals surface area contributed by atoms with E-state index in [9.17, 15) is 9.59 Å². The van der Waals surface area contributed by atoms with E-state index in [1.165, 1.54) is 4.90 Å². The monoisotopic (exact) mass is 263 g/mol. The second-order valence-corrected chi connectivity index (χ2v) is 3.98. The van der Waals surface area contributed by atoms with Gasteiger partial charge in [0.15, 0.2) is 5.58 Å². The second kappa shape index (κ2) is 4.84. The molecule has 0 saturated heterocycles. The van der Waals surface area contributed by atoms with Crippen molar-refractivity contribution in [2.75, 3.05) is 23.7 Å². The minimum atomic E-state index is -0.628. The first-order valence-corrected chi connectivity index (χ1v) is 5.44. The molecule has 1 aromatic carbocycles. The van der Waals surface area contributed by atoms with Gasteiger partial charge in [0.25, 0.3) is 6.01 Å². The van der Waals surface area contributed by atoms with Crippen LogP contribution in [0.5, 0.6) is 0 Å². The zero-order chi connectivity index (χ0) is 14.0. The molecular weight excluding hydrogens is 250 g/mol. The highest BCUT2D eigenvalue weighted by molar-refractivity contribution is 5.88. The van der Waals surface area contributed by atoms with Gasteiger partial charge in [-0.1, -0.05) is 6.07 Å². The van der Waals surface area contributed by atoms with E-state index in [1.54, 1.807) is 18.2 Å². The molecule has 0 aliphatic carbocycles. The van der Waals surface area contributed by atoms with Crippen LogP contribution in [0.3, 0.4) is 0 Å². The smallest absolute Gasteiger partial charge is 0.299 e. The Morgan fingerprint density at radius 1 is 1.21 bits per heavy atom. The zero-order valence-electron chi connectivity index (χ0n) is 10.00. The third-order valence-corrected chi connectivity index (χ3v) is 2.40. The van der Waals surface area contributed by atoms with Crippen LogP contribution in [0.15, 0.2) is 22.6 Å². The van der Waals surface area contributed by atoms with Crippen molar-refractivity contribution < 1.29 is 14.0 Å². The number of benzene rings is 1. The molecule has 0 fully saturated rings. The molecule has 2 amide bonds. The van der Waals surface area contributed by atoms with Gasteiger partial charge in [0, 0.05) is 0 Å². The number of primary amides is 2. The number of aromatic nitrogens is 1. The number of para-hydroxylation sites is 1. The number of carbonyl (C=O) groups is 2. The van der Waals surface area contributed by atoms with E-state index >= 15 is 0 Å². The molecule has 2 aromatic rings. The van der Waals surface area contributed by atoms with Crippen LogP contribution in [0.1, 0.15) is 0 Å². The second-order valence-electron chi connectivity index (χ2n) is 3.98. The standard InChI is InChI=1S/C11H13N5O3/c12-6-2-1-3-7-10(6)15-11(19-7)16(4-8(13)17)5-9(14)18/h1-3H,4-5,12H2,(H2,13,17)(H2,14,18). The first-order valence-electron chi connectivity index (χ1n) is 5.44. The number of nitrogen functional groups attached to an aromatic ring is 1. The molecule has 6 N–H and O–H groups in total. The molecule has 0 spiro atoms. The van der Waals surface area contributed by atoms with Gasteiger partial charge in [-0.3, -0.25) is 9.59 Å². The highest BCUT2D eigenvalue weighted by atomic mass is 16.4. The van der Waals surface area contributed by atoms with Gasteiger partial charge in [-0.15, -0.1) is 0 Å². The molecule has 0 bridgehead atoms. The lowest BCUT2D eigenvalue weighted by molar-refractivity contribution is -0.117. The summed E-state index contributed by atoms with van der Waals surface area (Å²) in [6, 6.07) is 5.13. The third-order valence-electron chi connectivity index (χ3n) is 2.40. The van der Waals surface area contributed by atoms with Crippen molar-refractivity contribution in [2.24, 2.45) is 11.5 Å². The lowest BCUT2D eigenvalue weighted by atomic mass is 10.3. The van der Waals surface area contributed by atoms with Crippen LogP contribution >= 0.6 is 0 Å². The molecule has 19 heavy (non-hydrogen) atoms. The summed E-state index contributed by atoms with van der Waals surface area (Å²) in [7, 11) is 0. The Labute approximate surface area is 108 Å². The van der Waals surface area contributed by atoms with Crippen molar-refractivity contribution in [1.82, 2.24) is 4.98 Å². The summed E-state index contributed by atoms with van der Waals surface area (Å²) in [5.74, 6) is -1.26. The predicted molar refractivity (Wildman–Crippen MR) is 69.0 cm³/mol. The molecule has 1 aromatic heterocycles. The van der Waals surface area contributed by atoms with Crippen molar-refractivity contribution >= 4 is 34.6 Å². The Kier molecular flexibility index (Phi) is 3.23. The number of amides is 2. The first-order chi connectivity index (χ1) is 8.97. The molecule has 100 valence electrons. The summed E-state index contributed by atoms with van der Waals surface area (Å²) >= 11 is 0. The molecule has 2 rings (SSSR count). The number of fused-ring (bicyclic) bond motifs is 1. The number of oxazole rings is 1. The average molecular weight is 263 g/mol. The van der Waals surface area contributed by atoms with Gasteiger partial charge in [0.1, 0.15) is 18.6 Å². The third kappa shape index (κ3) is 2.73. The Balaban J connectivity index is 2.40. The maximum absolute atomic E-state index is 11.0. The van der Waals surface area contributed by atoms with E-state index in [-0.39, 0.29) is 19.1 Å². The largest absolute Gasteiger partial charge is 0.423 e. The first kappa shape index (κ1) is 12.7. The number of nitrogens with two attached hydrogens (primary N) is 3. The molecule has 0 saturated carbocycles. The summed E-state index contributed by atoms with van der Waals surface area (Å²) in [4.78, 5) is 27.4. The highest BCUT2D eigenvalue weighted by Gasteiger charge is 2.18. The van der Waals surface area contributed by atoms with E-state index in [2.05, 4.69) is 4.98 Å². The summed E-state index contributed by atoms with van der Waals surface area (Å²) in [6.07, 6.45) is 0. The van der Waals surface area contributed by atoms with Gasteiger partial charge in [-0.2, -0.15) is 4.98 Å². The van der Waals surface area contributed by atoms with E-state index < -0.39 is 11.8 Å². The molecule has 0 radical (unpaired) electrons. The van der Waals surface area contributed by atoms with Gasteiger partial charge in [0.05, 0.1) is 5.69 Å². The summed E-state index contributed by atoms with van der Waals surface area (Å²) in [5.41, 5.74) is 17.3. The maximum Gasteiger partial charge on any atom is 0.299 e. The molecule has 8 heteroatoms. The van der Waals surface area contributed by atoms with Crippen LogP contribution in [0.25, 0.3) is 11.1 Å². The summed E-state index contributed by atoms with van der Waals surface area (Å²) < 4.78 is 5.43. The van der Waals surface area contributed by atoms with E-state index in [4.69, 9.17) is 21.6 Å². The van der Waals surface area contributed by atoms with Gasteiger partial charge >= 0.3 is 0 Å². The van der Waals surface area contributed by atoms with Crippen LogP contribution < -0.4 is 22.1 Å². The molecule has 0 aliphatic heterocycles. The van der Waals surface area contributed by atoms with Crippen LogP contribution in [-0.2, 0) is 9.59 Å². The van der Waals surface area contributed by atoms with Gasteiger partial charge < -0.3 is 26.5 Å². The van der Waals surface area contributed by atoms with Gasteiger partial charge in [-0.25, -0.2) is 0 Å².